The molecule has 0 amide bonds. The average Bonchev–Trinajstić information content (AvgIpc) is 2.35. The Morgan fingerprint density at radius 3 is 2.44 bits per heavy atom. The van der Waals surface area contributed by atoms with E-state index in [4.69, 9.17) is 10.5 Å². The van der Waals surface area contributed by atoms with Crippen LogP contribution in [0, 0.1) is 12.7 Å². The van der Waals surface area contributed by atoms with Crippen molar-refractivity contribution in [3.05, 3.63) is 47.8 Å². The number of benzene rings is 2. The SMILES string of the molecule is COc1cc(Nc2ccc(C)cc2)c(F)cc1N. The smallest absolute Gasteiger partial charge is 0.148 e. The Balaban J connectivity index is 2.31. The third-order valence-electron chi connectivity index (χ3n) is 2.65. The summed E-state index contributed by atoms with van der Waals surface area (Å²) in [7, 11) is 1.50. The first kappa shape index (κ1) is 12.2. The molecule has 0 aromatic heterocycles. The summed E-state index contributed by atoms with van der Waals surface area (Å²) in [5.41, 5.74) is 8.20. The van der Waals surface area contributed by atoms with Crippen LogP contribution in [0.25, 0.3) is 0 Å². The van der Waals surface area contributed by atoms with Gasteiger partial charge in [0.15, 0.2) is 0 Å². The minimum Gasteiger partial charge on any atom is -0.495 e. The van der Waals surface area contributed by atoms with Crippen LogP contribution in [0.4, 0.5) is 21.5 Å². The summed E-state index contributed by atoms with van der Waals surface area (Å²) in [5.74, 6) is 0.0416. The fraction of sp³-hybridized carbons (Fsp3) is 0.143. The van der Waals surface area contributed by atoms with Crippen LogP contribution >= 0.6 is 0 Å². The lowest BCUT2D eigenvalue weighted by Gasteiger charge is -2.11. The molecule has 0 fully saturated rings. The molecule has 0 aliphatic carbocycles. The van der Waals surface area contributed by atoms with Gasteiger partial charge in [0.2, 0.25) is 0 Å². The van der Waals surface area contributed by atoms with Gasteiger partial charge in [0.05, 0.1) is 18.5 Å². The van der Waals surface area contributed by atoms with Gasteiger partial charge < -0.3 is 15.8 Å². The summed E-state index contributed by atoms with van der Waals surface area (Å²) in [6, 6.07) is 10.5. The molecule has 0 aliphatic rings. The maximum absolute atomic E-state index is 13.7. The number of nitrogens with one attached hydrogen (secondary N) is 1. The normalized spacial score (nSPS) is 10.2. The van der Waals surface area contributed by atoms with Crippen molar-refractivity contribution in [2.75, 3.05) is 18.2 Å². The molecule has 0 radical (unpaired) electrons. The highest BCUT2D eigenvalue weighted by Crippen LogP contribution is 2.30. The van der Waals surface area contributed by atoms with Gasteiger partial charge in [-0.3, -0.25) is 0 Å². The standard InChI is InChI=1S/C14H15FN2O/c1-9-3-5-10(6-4-9)17-13-8-14(18-2)12(16)7-11(13)15/h3-8,17H,16H2,1-2H3. The highest BCUT2D eigenvalue weighted by molar-refractivity contribution is 5.67. The third-order valence-corrected chi connectivity index (χ3v) is 2.65. The Morgan fingerprint density at radius 2 is 1.83 bits per heavy atom. The van der Waals surface area contributed by atoms with Crippen LogP contribution in [0.3, 0.4) is 0 Å². The Kier molecular flexibility index (Phi) is 3.37. The molecular formula is C14H15FN2O. The zero-order valence-electron chi connectivity index (χ0n) is 10.3. The molecule has 18 heavy (non-hydrogen) atoms. The van der Waals surface area contributed by atoms with Crippen molar-refractivity contribution >= 4 is 17.1 Å². The summed E-state index contributed by atoms with van der Waals surface area (Å²) >= 11 is 0. The predicted molar refractivity (Wildman–Crippen MR) is 71.8 cm³/mol. The molecule has 0 aliphatic heterocycles. The van der Waals surface area contributed by atoms with Crippen molar-refractivity contribution in [1.29, 1.82) is 0 Å². The highest BCUT2D eigenvalue weighted by atomic mass is 19.1. The summed E-state index contributed by atoms with van der Waals surface area (Å²) in [5, 5.41) is 2.99. The van der Waals surface area contributed by atoms with E-state index >= 15 is 0 Å². The monoisotopic (exact) mass is 246 g/mol. The third kappa shape index (κ3) is 2.53. The molecule has 0 heterocycles. The van der Waals surface area contributed by atoms with E-state index in [9.17, 15) is 4.39 Å². The van der Waals surface area contributed by atoms with E-state index in [0.29, 0.717) is 11.4 Å². The Labute approximate surface area is 105 Å². The predicted octanol–water partition coefficient (Wildman–Crippen LogP) is 3.47. The quantitative estimate of drug-likeness (QED) is 0.815. The van der Waals surface area contributed by atoms with Crippen LogP contribution < -0.4 is 15.8 Å². The molecular weight excluding hydrogens is 231 g/mol. The van der Waals surface area contributed by atoms with E-state index in [1.165, 1.54) is 13.2 Å². The molecule has 2 aromatic carbocycles. The molecule has 2 rings (SSSR count). The van der Waals surface area contributed by atoms with Crippen LogP contribution in [0.2, 0.25) is 0 Å². The van der Waals surface area contributed by atoms with Gasteiger partial charge in [-0.05, 0) is 19.1 Å². The molecule has 94 valence electrons. The Morgan fingerprint density at radius 1 is 1.17 bits per heavy atom. The zero-order chi connectivity index (χ0) is 13.1. The second-order valence-electron chi connectivity index (χ2n) is 4.07. The molecule has 0 bridgehead atoms. The largest absolute Gasteiger partial charge is 0.495 e. The van der Waals surface area contributed by atoms with Crippen LogP contribution in [0.15, 0.2) is 36.4 Å². The first-order chi connectivity index (χ1) is 8.60. The summed E-state index contributed by atoms with van der Waals surface area (Å²) < 4.78 is 18.8. The maximum Gasteiger partial charge on any atom is 0.148 e. The summed E-state index contributed by atoms with van der Waals surface area (Å²) in [6.07, 6.45) is 0. The minimum absolute atomic E-state index is 0.282. The second kappa shape index (κ2) is 4.96. The van der Waals surface area contributed by atoms with E-state index in [1.807, 2.05) is 31.2 Å². The van der Waals surface area contributed by atoms with Crippen molar-refractivity contribution in [3.8, 4) is 5.75 Å². The number of hydrogen-bond donors (Lipinski definition) is 2. The average molecular weight is 246 g/mol. The van der Waals surface area contributed by atoms with E-state index in [1.54, 1.807) is 6.07 Å². The van der Waals surface area contributed by atoms with Gasteiger partial charge in [0.25, 0.3) is 0 Å². The van der Waals surface area contributed by atoms with Crippen LogP contribution in [0.5, 0.6) is 5.75 Å². The van der Waals surface area contributed by atoms with Gasteiger partial charge in [-0.1, -0.05) is 17.7 Å². The van der Waals surface area contributed by atoms with Gasteiger partial charge in [-0.2, -0.15) is 0 Å². The fourth-order valence-electron chi connectivity index (χ4n) is 1.63. The maximum atomic E-state index is 13.7. The molecule has 0 atom stereocenters. The van der Waals surface area contributed by atoms with Crippen molar-refractivity contribution in [1.82, 2.24) is 0 Å². The summed E-state index contributed by atoms with van der Waals surface area (Å²) in [4.78, 5) is 0. The molecule has 3 nitrogen and oxygen atoms in total. The number of nitrogen functional groups attached to an aromatic ring is 1. The van der Waals surface area contributed by atoms with Gasteiger partial charge in [-0.15, -0.1) is 0 Å². The van der Waals surface area contributed by atoms with Crippen LogP contribution in [0.1, 0.15) is 5.56 Å². The van der Waals surface area contributed by atoms with Crippen molar-refractivity contribution < 1.29 is 9.13 Å². The minimum atomic E-state index is -0.408. The molecule has 0 saturated carbocycles. The molecule has 3 N–H and O–H groups in total. The lowest BCUT2D eigenvalue weighted by atomic mass is 10.2. The lowest BCUT2D eigenvalue weighted by Crippen LogP contribution is -1.98. The van der Waals surface area contributed by atoms with Gasteiger partial charge in [-0.25, -0.2) is 4.39 Å². The number of ether oxygens (including phenoxy) is 1. The van der Waals surface area contributed by atoms with Crippen molar-refractivity contribution in [2.45, 2.75) is 6.92 Å². The fourth-order valence-corrected chi connectivity index (χ4v) is 1.63. The molecule has 4 heteroatoms. The van der Waals surface area contributed by atoms with E-state index in [2.05, 4.69) is 5.32 Å². The topological polar surface area (TPSA) is 47.3 Å². The van der Waals surface area contributed by atoms with E-state index in [-0.39, 0.29) is 5.69 Å². The van der Waals surface area contributed by atoms with Crippen molar-refractivity contribution in [2.24, 2.45) is 0 Å². The van der Waals surface area contributed by atoms with Gasteiger partial charge in [0.1, 0.15) is 11.6 Å². The Bertz CT molecular complexity index is 552. The van der Waals surface area contributed by atoms with Gasteiger partial charge >= 0.3 is 0 Å². The first-order valence-corrected chi connectivity index (χ1v) is 5.57. The number of aryl methyl sites for hydroxylation is 1. The van der Waals surface area contributed by atoms with Crippen LogP contribution in [-0.4, -0.2) is 7.11 Å². The lowest BCUT2D eigenvalue weighted by molar-refractivity contribution is 0.416. The van der Waals surface area contributed by atoms with E-state index < -0.39 is 5.82 Å². The number of hydrogen-bond acceptors (Lipinski definition) is 3. The molecule has 2 aromatic rings. The molecule has 0 spiro atoms. The van der Waals surface area contributed by atoms with Gasteiger partial charge in [0, 0.05) is 17.8 Å². The first-order valence-electron chi connectivity index (χ1n) is 5.57. The Hall–Kier alpha value is -2.23. The van der Waals surface area contributed by atoms with Crippen molar-refractivity contribution in [3.63, 3.8) is 0 Å². The summed E-state index contributed by atoms with van der Waals surface area (Å²) in [6.45, 7) is 2.00. The number of halogens is 1. The number of nitrogens with two attached hydrogens (primary N) is 1. The zero-order valence-corrected chi connectivity index (χ0v) is 10.3. The second-order valence-corrected chi connectivity index (χ2v) is 4.07. The number of anilines is 3. The molecule has 0 saturated heterocycles. The number of methoxy groups -OCH3 is 1. The number of rotatable bonds is 3. The van der Waals surface area contributed by atoms with Crippen LogP contribution in [-0.2, 0) is 0 Å². The highest BCUT2D eigenvalue weighted by Gasteiger charge is 2.08. The molecule has 0 unspecified atom stereocenters. The van der Waals surface area contributed by atoms with E-state index in [0.717, 1.165) is 11.3 Å².